The van der Waals surface area contributed by atoms with E-state index in [-0.39, 0.29) is 18.0 Å². The van der Waals surface area contributed by atoms with Crippen LogP contribution in [0.2, 0.25) is 0 Å². The number of rotatable bonds is 8. The zero-order valence-electron chi connectivity index (χ0n) is 18.0. The summed E-state index contributed by atoms with van der Waals surface area (Å²) in [4.78, 5) is 12.3. The number of aromatic nitrogens is 2. The number of unbranched alkanes of at least 4 members (excludes halogenated alkanes) is 1. The summed E-state index contributed by atoms with van der Waals surface area (Å²) in [6.45, 7) is 1.90. The third-order valence-electron chi connectivity index (χ3n) is 4.77. The Hall–Kier alpha value is -2.70. The molecule has 0 saturated carbocycles. The van der Waals surface area contributed by atoms with E-state index in [2.05, 4.69) is 21.0 Å². The number of carbonyl (C=O) groups excluding carboxylic acids is 1. The van der Waals surface area contributed by atoms with Gasteiger partial charge in [-0.05, 0) is 50.1 Å². The van der Waals surface area contributed by atoms with Crippen LogP contribution in [-0.4, -0.2) is 40.8 Å². The Kier molecular flexibility index (Phi) is 8.50. The summed E-state index contributed by atoms with van der Waals surface area (Å²) in [5.74, 6) is 0.0600. The number of nitrogens with zero attached hydrogens (tertiary/aromatic N) is 3. The van der Waals surface area contributed by atoms with Crippen molar-refractivity contribution >= 4 is 33.3 Å². The topological polar surface area (TPSA) is 84.7 Å². The molecule has 0 aliphatic carbocycles. The van der Waals surface area contributed by atoms with Gasteiger partial charge in [0.1, 0.15) is 5.75 Å². The van der Waals surface area contributed by atoms with E-state index >= 15 is 0 Å². The van der Waals surface area contributed by atoms with Crippen LogP contribution in [0, 0.1) is 6.92 Å². The van der Waals surface area contributed by atoms with E-state index in [0.717, 1.165) is 16.3 Å². The molecule has 182 valence electrons. The van der Waals surface area contributed by atoms with Crippen molar-refractivity contribution in [3.05, 3.63) is 65.9 Å². The van der Waals surface area contributed by atoms with Crippen molar-refractivity contribution in [3.8, 4) is 22.7 Å². The second kappa shape index (κ2) is 11.2. The van der Waals surface area contributed by atoms with Gasteiger partial charge in [0, 0.05) is 17.4 Å². The van der Waals surface area contributed by atoms with Gasteiger partial charge in [0.05, 0.1) is 11.4 Å². The van der Waals surface area contributed by atoms with E-state index in [9.17, 15) is 26.7 Å². The first-order chi connectivity index (χ1) is 16.1. The average Bonchev–Trinajstić information content (AvgIpc) is 3.23. The number of aryl methyl sites for hydroxylation is 1. The first-order valence-electron chi connectivity index (χ1n) is 10.1. The minimum absolute atomic E-state index is 0.0268. The van der Waals surface area contributed by atoms with E-state index in [1.54, 1.807) is 24.3 Å². The predicted molar refractivity (Wildman–Crippen MR) is 125 cm³/mol. The van der Waals surface area contributed by atoms with Gasteiger partial charge < -0.3 is 4.74 Å². The third kappa shape index (κ3) is 6.45. The van der Waals surface area contributed by atoms with Crippen molar-refractivity contribution in [1.29, 1.82) is 0 Å². The van der Waals surface area contributed by atoms with Gasteiger partial charge in [0.25, 0.3) is 11.3 Å². The standard InChI is InChI=1S/C22H21BrF3N3O4S/c1-15-4-6-16(7-5-15)19-14-20(22(24,25)26)27-29(19)17-8-10-18(11-9-17)33-21(30)28(34(31)32)13-3-2-12-23/h4-11,14H,2-3,12-13H2,1H3,(H,31,32). The molecule has 0 aliphatic rings. The van der Waals surface area contributed by atoms with Crippen LogP contribution in [0.3, 0.4) is 0 Å². The van der Waals surface area contributed by atoms with Crippen molar-refractivity contribution in [3.63, 3.8) is 0 Å². The highest BCUT2D eigenvalue weighted by Gasteiger charge is 2.35. The van der Waals surface area contributed by atoms with E-state index in [1.165, 1.54) is 24.3 Å². The van der Waals surface area contributed by atoms with Crippen LogP contribution in [0.15, 0.2) is 54.6 Å². The summed E-state index contributed by atoms with van der Waals surface area (Å²) in [5.41, 5.74) is 1.02. The Morgan fingerprint density at radius 2 is 1.79 bits per heavy atom. The van der Waals surface area contributed by atoms with E-state index in [1.807, 2.05) is 6.92 Å². The number of halogens is 4. The molecule has 0 spiro atoms. The normalized spacial score (nSPS) is 12.4. The van der Waals surface area contributed by atoms with Gasteiger partial charge >= 0.3 is 12.3 Å². The maximum atomic E-state index is 13.4. The number of hydrogen-bond acceptors (Lipinski definition) is 4. The van der Waals surface area contributed by atoms with Crippen molar-refractivity contribution in [1.82, 2.24) is 14.1 Å². The molecular formula is C22H21BrF3N3O4S. The molecule has 12 heteroatoms. The van der Waals surface area contributed by atoms with Gasteiger partial charge in [-0.15, -0.1) is 0 Å². The average molecular weight is 560 g/mol. The van der Waals surface area contributed by atoms with Crippen molar-refractivity contribution in [2.45, 2.75) is 25.9 Å². The molecule has 0 fully saturated rings. The molecule has 1 atom stereocenters. The Morgan fingerprint density at radius 1 is 1.15 bits per heavy atom. The molecule has 0 aliphatic heterocycles. The van der Waals surface area contributed by atoms with Crippen LogP contribution < -0.4 is 4.74 Å². The maximum absolute atomic E-state index is 13.4. The quantitative estimate of drug-likeness (QED) is 0.208. The van der Waals surface area contributed by atoms with Crippen LogP contribution >= 0.6 is 15.9 Å². The number of hydrogen-bond donors (Lipinski definition) is 1. The number of alkyl halides is 4. The minimum atomic E-state index is -4.63. The molecule has 0 saturated heterocycles. The molecule has 1 aromatic heterocycles. The summed E-state index contributed by atoms with van der Waals surface area (Å²) in [7, 11) is 0. The van der Waals surface area contributed by atoms with Crippen LogP contribution in [0.25, 0.3) is 16.9 Å². The fraction of sp³-hybridized carbons (Fsp3) is 0.273. The van der Waals surface area contributed by atoms with Crippen LogP contribution in [0.4, 0.5) is 18.0 Å². The highest BCUT2D eigenvalue weighted by molar-refractivity contribution is 9.09. The van der Waals surface area contributed by atoms with Crippen molar-refractivity contribution < 1.29 is 31.5 Å². The van der Waals surface area contributed by atoms with Gasteiger partial charge in [-0.25, -0.2) is 18.0 Å². The molecule has 0 bridgehead atoms. The summed E-state index contributed by atoms with van der Waals surface area (Å²) in [6, 6.07) is 13.6. The molecule has 1 N–H and O–H groups in total. The minimum Gasteiger partial charge on any atom is -0.410 e. The van der Waals surface area contributed by atoms with Crippen LogP contribution in [0.5, 0.6) is 5.75 Å². The molecule has 3 aromatic rings. The van der Waals surface area contributed by atoms with Crippen molar-refractivity contribution in [2.75, 3.05) is 11.9 Å². The van der Waals surface area contributed by atoms with Crippen molar-refractivity contribution in [2.24, 2.45) is 0 Å². The molecular weight excluding hydrogens is 539 g/mol. The van der Waals surface area contributed by atoms with Gasteiger partial charge in [0.15, 0.2) is 5.69 Å². The van der Waals surface area contributed by atoms with Gasteiger partial charge in [-0.1, -0.05) is 45.8 Å². The Balaban J connectivity index is 1.86. The fourth-order valence-electron chi connectivity index (χ4n) is 3.04. The SMILES string of the molecule is Cc1ccc(-c2cc(C(F)(F)F)nn2-c2ccc(OC(=O)N(CCCCBr)S(=O)O)cc2)cc1. The number of benzene rings is 2. The first kappa shape index (κ1) is 25.9. The molecule has 1 unspecified atom stereocenters. The number of amides is 1. The van der Waals surface area contributed by atoms with Gasteiger partial charge in [-0.2, -0.15) is 18.3 Å². The summed E-state index contributed by atoms with van der Waals surface area (Å²) in [5, 5.41) is 4.42. The molecule has 1 heterocycles. The van der Waals surface area contributed by atoms with E-state index < -0.39 is 29.2 Å². The molecule has 34 heavy (non-hydrogen) atoms. The predicted octanol–water partition coefficient (Wildman–Crippen LogP) is 5.98. The first-order valence-corrected chi connectivity index (χ1v) is 12.3. The van der Waals surface area contributed by atoms with Gasteiger partial charge in [-0.3, -0.25) is 4.55 Å². The van der Waals surface area contributed by atoms with Crippen LogP contribution in [-0.2, 0) is 17.4 Å². The number of carbonyl (C=O) groups is 1. The lowest BCUT2D eigenvalue weighted by Gasteiger charge is -2.17. The fourth-order valence-corrected chi connectivity index (χ4v) is 3.88. The highest BCUT2D eigenvalue weighted by Crippen LogP contribution is 2.33. The van der Waals surface area contributed by atoms with Gasteiger partial charge in [0.2, 0.25) is 0 Å². The maximum Gasteiger partial charge on any atom is 0.435 e. The van der Waals surface area contributed by atoms with E-state index in [4.69, 9.17) is 4.74 Å². The molecule has 7 nitrogen and oxygen atoms in total. The Labute approximate surface area is 205 Å². The second-order valence-corrected chi connectivity index (χ2v) is 8.98. The Morgan fingerprint density at radius 3 is 2.35 bits per heavy atom. The molecule has 2 aromatic carbocycles. The Bertz CT molecular complexity index is 1150. The lowest BCUT2D eigenvalue weighted by molar-refractivity contribution is -0.141. The monoisotopic (exact) mass is 559 g/mol. The zero-order valence-corrected chi connectivity index (χ0v) is 20.4. The molecule has 3 rings (SSSR count). The zero-order chi connectivity index (χ0) is 24.9. The lowest BCUT2D eigenvalue weighted by atomic mass is 10.1. The summed E-state index contributed by atoms with van der Waals surface area (Å²) < 4.78 is 67.9. The molecule has 1 amide bonds. The summed E-state index contributed by atoms with van der Waals surface area (Å²) >= 11 is 0.692. The smallest absolute Gasteiger partial charge is 0.410 e. The molecule has 0 radical (unpaired) electrons. The largest absolute Gasteiger partial charge is 0.435 e. The third-order valence-corrected chi connectivity index (χ3v) is 6.04. The van der Waals surface area contributed by atoms with E-state index in [0.29, 0.717) is 33.7 Å². The second-order valence-electron chi connectivity index (χ2n) is 7.28. The highest BCUT2D eigenvalue weighted by atomic mass is 79.9. The number of ether oxygens (including phenoxy) is 1. The summed E-state index contributed by atoms with van der Waals surface area (Å²) in [6.07, 6.45) is -4.45. The lowest BCUT2D eigenvalue weighted by Crippen LogP contribution is -2.35. The van der Waals surface area contributed by atoms with Crippen LogP contribution in [0.1, 0.15) is 24.1 Å².